The maximum atomic E-state index is 11.8. The largest absolute Gasteiger partial charge is 0.488 e. The summed E-state index contributed by atoms with van der Waals surface area (Å²) in [5.74, 6) is 1.91. The molecule has 2 heterocycles. The van der Waals surface area contributed by atoms with Crippen LogP contribution in [0, 0.1) is 32.1 Å². The molecule has 1 saturated heterocycles. The second kappa shape index (κ2) is 9.96. The van der Waals surface area contributed by atoms with E-state index in [1.807, 2.05) is 52.0 Å². The van der Waals surface area contributed by atoms with Gasteiger partial charge in [-0.1, -0.05) is 6.07 Å². The lowest BCUT2D eigenvalue weighted by Crippen LogP contribution is -2.42. The van der Waals surface area contributed by atoms with Crippen molar-refractivity contribution in [3.05, 3.63) is 55.4 Å². The number of nitrogens with zero attached hydrogens (tertiary/aromatic N) is 1. The molecule has 0 bridgehead atoms. The number of nitriles is 1. The van der Waals surface area contributed by atoms with Gasteiger partial charge in [-0.15, -0.1) is 0 Å². The van der Waals surface area contributed by atoms with Gasteiger partial charge in [0.15, 0.2) is 6.61 Å². The molecule has 4 rings (SSSR count). The van der Waals surface area contributed by atoms with Gasteiger partial charge < -0.3 is 14.2 Å². The SMILES string of the molecule is Cc1c(C)c2c(c(C)c1OCC#N)CCC(C)(COc1ccc(C=C3SC(=O)NC3=O)cc1Br)O2. The van der Waals surface area contributed by atoms with Crippen LogP contribution in [0.25, 0.3) is 6.08 Å². The molecule has 35 heavy (non-hydrogen) atoms. The Morgan fingerprint density at radius 1 is 1.23 bits per heavy atom. The number of halogens is 1. The highest BCUT2D eigenvalue weighted by atomic mass is 79.9. The van der Waals surface area contributed by atoms with Crippen LogP contribution >= 0.6 is 27.7 Å². The third-order valence-electron chi connectivity index (χ3n) is 6.27. The molecule has 9 heteroatoms. The maximum Gasteiger partial charge on any atom is 0.290 e. The number of hydrogen-bond donors (Lipinski definition) is 1. The minimum atomic E-state index is -0.523. The Morgan fingerprint density at radius 2 is 2.00 bits per heavy atom. The van der Waals surface area contributed by atoms with E-state index in [-0.39, 0.29) is 17.8 Å². The fraction of sp³-hybridized carbons (Fsp3) is 0.346. The normalized spacial score (nSPS) is 20.2. The summed E-state index contributed by atoms with van der Waals surface area (Å²) < 4.78 is 19.1. The monoisotopic (exact) mass is 556 g/mol. The number of fused-ring (bicyclic) bond motifs is 1. The number of benzene rings is 2. The van der Waals surface area contributed by atoms with E-state index >= 15 is 0 Å². The molecule has 2 aromatic rings. The van der Waals surface area contributed by atoms with Crippen molar-refractivity contribution in [1.82, 2.24) is 5.32 Å². The Labute approximate surface area is 216 Å². The van der Waals surface area contributed by atoms with E-state index in [1.165, 1.54) is 0 Å². The molecule has 0 spiro atoms. The van der Waals surface area contributed by atoms with Crippen LogP contribution in [0.4, 0.5) is 4.79 Å². The van der Waals surface area contributed by atoms with E-state index in [4.69, 9.17) is 19.5 Å². The van der Waals surface area contributed by atoms with Crippen molar-refractivity contribution in [1.29, 1.82) is 5.26 Å². The summed E-state index contributed by atoms with van der Waals surface area (Å²) in [4.78, 5) is 23.5. The number of nitrogens with one attached hydrogen (secondary N) is 1. The van der Waals surface area contributed by atoms with Crippen molar-refractivity contribution in [2.45, 2.75) is 46.1 Å². The molecule has 7 nitrogen and oxygen atoms in total. The second-order valence-corrected chi connectivity index (χ2v) is 10.7. The van der Waals surface area contributed by atoms with Crippen molar-refractivity contribution >= 4 is 44.9 Å². The van der Waals surface area contributed by atoms with Gasteiger partial charge in [0.05, 0.1) is 9.38 Å². The average Bonchev–Trinajstić information content (AvgIpc) is 3.13. The van der Waals surface area contributed by atoms with Crippen molar-refractivity contribution in [3.63, 3.8) is 0 Å². The van der Waals surface area contributed by atoms with Crippen LogP contribution in [0.15, 0.2) is 27.6 Å². The number of carbonyl (C=O) groups excluding carboxylic acids is 2. The van der Waals surface area contributed by atoms with E-state index in [9.17, 15) is 9.59 Å². The molecule has 182 valence electrons. The molecule has 1 N–H and O–H groups in total. The first kappa shape index (κ1) is 25.1. The predicted octanol–water partition coefficient (Wildman–Crippen LogP) is 5.76. The summed E-state index contributed by atoms with van der Waals surface area (Å²) in [6.45, 7) is 8.42. The fourth-order valence-electron chi connectivity index (χ4n) is 4.23. The molecule has 1 unspecified atom stereocenters. The molecular formula is C26H25BrN2O5S. The minimum Gasteiger partial charge on any atom is -0.488 e. The first-order valence-electron chi connectivity index (χ1n) is 11.1. The molecular weight excluding hydrogens is 532 g/mol. The van der Waals surface area contributed by atoms with Gasteiger partial charge in [-0.2, -0.15) is 5.26 Å². The van der Waals surface area contributed by atoms with Gasteiger partial charge in [-0.25, -0.2) is 0 Å². The zero-order valence-corrected chi connectivity index (χ0v) is 22.3. The molecule has 0 saturated carbocycles. The summed E-state index contributed by atoms with van der Waals surface area (Å²) >= 11 is 4.43. The zero-order chi connectivity index (χ0) is 25.3. The highest BCUT2D eigenvalue weighted by Gasteiger charge is 2.36. The number of rotatable bonds is 6. The van der Waals surface area contributed by atoms with Crippen LogP contribution in [-0.4, -0.2) is 30.0 Å². The number of thioether (sulfide) groups is 1. The van der Waals surface area contributed by atoms with Crippen LogP contribution in [0.3, 0.4) is 0 Å². The number of carbonyl (C=O) groups is 2. The molecule has 0 aromatic heterocycles. The highest BCUT2D eigenvalue weighted by molar-refractivity contribution is 9.10. The van der Waals surface area contributed by atoms with E-state index in [0.717, 1.165) is 68.4 Å². The van der Waals surface area contributed by atoms with E-state index < -0.39 is 5.60 Å². The summed E-state index contributed by atoms with van der Waals surface area (Å²) in [6, 6.07) is 7.54. The molecule has 2 aliphatic rings. The van der Waals surface area contributed by atoms with Crippen LogP contribution < -0.4 is 19.5 Å². The van der Waals surface area contributed by atoms with E-state index in [2.05, 4.69) is 21.2 Å². The summed E-state index contributed by atoms with van der Waals surface area (Å²) in [5.41, 5.74) is 4.38. The number of ether oxygens (including phenoxy) is 3. The zero-order valence-electron chi connectivity index (χ0n) is 19.9. The Kier molecular flexibility index (Phi) is 7.15. The fourth-order valence-corrected chi connectivity index (χ4v) is 5.42. The topological polar surface area (TPSA) is 97.6 Å². The molecule has 2 aliphatic heterocycles. The van der Waals surface area contributed by atoms with Crippen LogP contribution in [-0.2, 0) is 11.2 Å². The molecule has 1 atom stereocenters. The lowest BCUT2D eigenvalue weighted by Gasteiger charge is -2.38. The molecule has 2 aromatic carbocycles. The third-order valence-corrected chi connectivity index (χ3v) is 7.70. The van der Waals surface area contributed by atoms with Gasteiger partial charge >= 0.3 is 0 Å². The van der Waals surface area contributed by atoms with Crippen LogP contribution in [0.2, 0.25) is 0 Å². The quantitative estimate of drug-likeness (QED) is 0.451. The first-order chi connectivity index (χ1) is 16.6. The van der Waals surface area contributed by atoms with E-state index in [1.54, 1.807) is 6.08 Å². The van der Waals surface area contributed by atoms with Crippen molar-refractivity contribution in [2.24, 2.45) is 0 Å². The minimum absolute atomic E-state index is 0.0151. The van der Waals surface area contributed by atoms with Crippen molar-refractivity contribution in [2.75, 3.05) is 13.2 Å². The molecule has 1 fully saturated rings. The Balaban J connectivity index is 1.49. The smallest absolute Gasteiger partial charge is 0.290 e. The standard InChI is InChI=1S/C26H25BrN2O5S/c1-14-15(2)23-18(16(3)22(14)32-10-9-28)7-8-26(4,34-23)13-33-20-6-5-17(11-19(20)27)12-21-24(30)29-25(31)35-21/h5-6,11-12H,7-8,10,13H2,1-4H3,(H,29,30,31). The summed E-state index contributed by atoms with van der Waals surface area (Å²) in [5, 5.41) is 10.8. The lowest BCUT2D eigenvalue weighted by molar-refractivity contribution is -0.115. The Bertz CT molecular complexity index is 1300. The second-order valence-electron chi connectivity index (χ2n) is 8.84. The van der Waals surface area contributed by atoms with Crippen molar-refractivity contribution < 1.29 is 23.8 Å². The molecule has 0 aliphatic carbocycles. The number of hydrogen-bond acceptors (Lipinski definition) is 7. The van der Waals surface area contributed by atoms with Crippen LogP contribution in [0.1, 0.15) is 41.2 Å². The summed E-state index contributed by atoms with van der Waals surface area (Å²) in [7, 11) is 0. The number of imide groups is 1. The molecule has 0 radical (unpaired) electrons. The summed E-state index contributed by atoms with van der Waals surface area (Å²) in [6.07, 6.45) is 3.25. The van der Waals surface area contributed by atoms with E-state index in [0.29, 0.717) is 17.3 Å². The van der Waals surface area contributed by atoms with Gasteiger partial charge in [0.2, 0.25) is 0 Å². The maximum absolute atomic E-state index is 11.8. The predicted molar refractivity (Wildman–Crippen MR) is 138 cm³/mol. The van der Waals surface area contributed by atoms with Crippen LogP contribution in [0.5, 0.6) is 17.2 Å². The number of amides is 2. The lowest BCUT2D eigenvalue weighted by atomic mass is 9.87. The third kappa shape index (κ3) is 5.19. The van der Waals surface area contributed by atoms with Crippen molar-refractivity contribution in [3.8, 4) is 23.3 Å². The first-order valence-corrected chi connectivity index (χ1v) is 12.7. The highest BCUT2D eigenvalue weighted by Crippen LogP contribution is 2.44. The Morgan fingerprint density at radius 3 is 2.66 bits per heavy atom. The average molecular weight is 557 g/mol. The Hall–Kier alpha value is -2.96. The van der Waals surface area contributed by atoms with Gasteiger partial charge in [0, 0.05) is 5.56 Å². The van der Waals surface area contributed by atoms with Gasteiger partial charge in [-0.3, -0.25) is 14.9 Å². The molecule has 2 amide bonds. The van der Waals surface area contributed by atoms with Gasteiger partial charge in [0.25, 0.3) is 11.1 Å². The van der Waals surface area contributed by atoms with Gasteiger partial charge in [0.1, 0.15) is 35.5 Å². The van der Waals surface area contributed by atoms with Gasteiger partial charge in [-0.05, 0) is 109 Å².